The van der Waals surface area contributed by atoms with Crippen molar-refractivity contribution in [1.29, 1.82) is 0 Å². The van der Waals surface area contributed by atoms with Crippen molar-refractivity contribution in [2.24, 2.45) is 11.8 Å². The first-order valence-electron chi connectivity index (χ1n) is 8.50. The van der Waals surface area contributed by atoms with Gasteiger partial charge in [-0.05, 0) is 38.5 Å². The number of aliphatic hydroxyl groups is 1. The molecule has 0 saturated carbocycles. The summed E-state index contributed by atoms with van der Waals surface area (Å²) >= 11 is 0. The lowest BCUT2D eigenvalue weighted by atomic mass is 9.87. The highest BCUT2D eigenvalue weighted by atomic mass is 16.5. The summed E-state index contributed by atoms with van der Waals surface area (Å²) in [7, 11) is 0. The predicted molar refractivity (Wildman–Crippen MR) is 87.8 cm³/mol. The van der Waals surface area contributed by atoms with Gasteiger partial charge in [-0.25, -0.2) is 0 Å². The van der Waals surface area contributed by atoms with Gasteiger partial charge in [-0.3, -0.25) is 4.68 Å². The molecule has 1 aromatic rings. The molecule has 0 aromatic carbocycles. The summed E-state index contributed by atoms with van der Waals surface area (Å²) in [5.74, 6) is 1.17. The summed E-state index contributed by atoms with van der Waals surface area (Å²) in [6.45, 7) is 12.0. The molecule has 0 amide bonds. The van der Waals surface area contributed by atoms with Crippen LogP contribution in [0.15, 0.2) is 0 Å². The number of hydrogen-bond acceptors (Lipinski definition) is 4. The molecule has 1 saturated heterocycles. The van der Waals surface area contributed by atoms with Crippen LogP contribution in [0.1, 0.15) is 43.6 Å². The van der Waals surface area contributed by atoms with Gasteiger partial charge < -0.3 is 15.2 Å². The maximum Gasteiger partial charge on any atom is 0.0644 e. The number of hydrogen-bond donors (Lipinski definition) is 2. The fraction of sp³-hybridized carbons (Fsp3) is 0.824. The van der Waals surface area contributed by atoms with E-state index in [9.17, 15) is 0 Å². The molecule has 1 aliphatic rings. The topological polar surface area (TPSA) is 59.3 Å². The molecule has 1 fully saturated rings. The van der Waals surface area contributed by atoms with Crippen LogP contribution in [0.3, 0.4) is 0 Å². The smallest absolute Gasteiger partial charge is 0.0644 e. The van der Waals surface area contributed by atoms with Crippen LogP contribution in [0.2, 0.25) is 0 Å². The quantitative estimate of drug-likeness (QED) is 0.809. The van der Waals surface area contributed by atoms with Crippen molar-refractivity contribution in [3.63, 3.8) is 0 Å². The largest absolute Gasteiger partial charge is 0.394 e. The zero-order valence-corrected chi connectivity index (χ0v) is 14.4. The third-order valence-corrected chi connectivity index (χ3v) is 4.70. The molecule has 0 bridgehead atoms. The van der Waals surface area contributed by atoms with E-state index in [0.717, 1.165) is 31.1 Å². The van der Waals surface area contributed by atoms with Crippen molar-refractivity contribution in [2.75, 3.05) is 19.8 Å². The van der Waals surface area contributed by atoms with Crippen LogP contribution < -0.4 is 5.32 Å². The van der Waals surface area contributed by atoms with Gasteiger partial charge in [0.1, 0.15) is 0 Å². The molecule has 2 heterocycles. The third kappa shape index (κ3) is 4.09. The minimum absolute atomic E-state index is 0.129. The molecule has 1 aliphatic heterocycles. The summed E-state index contributed by atoms with van der Waals surface area (Å²) in [6.07, 6.45) is 2.79. The van der Waals surface area contributed by atoms with Gasteiger partial charge in [0.25, 0.3) is 0 Å². The van der Waals surface area contributed by atoms with Gasteiger partial charge in [0.05, 0.1) is 24.9 Å². The maximum absolute atomic E-state index is 9.08. The molecule has 2 atom stereocenters. The Hall–Kier alpha value is -0.910. The van der Waals surface area contributed by atoms with Crippen LogP contribution in [0, 0.1) is 25.7 Å². The van der Waals surface area contributed by atoms with Crippen molar-refractivity contribution in [3.05, 3.63) is 17.0 Å². The van der Waals surface area contributed by atoms with Crippen LogP contribution in [-0.2, 0) is 17.8 Å². The second kappa shape index (κ2) is 8.09. The van der Waals surface area contributed by atoms with Gasteiger partial charge in [0.2, 0.25) is 0 Å². The highest BCUT2D eigenvalue weighted by Gasteiger charge is 2.28. The second-order valence-corrected chi connectivity index (χ2v) is 6.71. The summed E-state index contributed by atoms with van der Waals surface area (Å²) < 4.78 is 7.85. The average molecular weight is 309 g/mol. The first kappa shape index (κ1) is 17.4. The van der Waals surface area contributed by atoms with Crippen molar-refractivity contribution in [1.82, 2.24) is 15.1 Å². The molecular weight excluding hydrogens is 278 g/mol. The Morgan fingerprint density at radius 3 is 2.86 bits per heavy atom. The molecule has 1 aromatic heterocycles. The first-order chi connectivity index (χ1) is 10.5. The van der Waals surface area contributed by atoms with E-state index in [1.54, 1.807) is 0 Å². The molecule has 2 unspecified atom stereocenters. The fourth-order valence-electron chi connectivity index (χ4n) is 3.51. The number of ether oxygens (including phenoxy) is 1. The van der Waals surface area contributed by atoms with Gasteiger partial charge >= 0.3 is 0 Å². The van der Waals surface area contributed by atoms with Crippen molar-refractivity contribution in [2.45, 2.75) is 59.7 Å². The van der Waals surface area contributed by atoms with Gasteiger partial charge in [-0.15, -0.1) is 0 Å². The maximum atomic E-state index is 9.08. The summed E-state index contributed by atoms with van der Waals surface area (Å²) in [6, 6.07) is 0. The lowest BCUT2D eigenvalue weighted by Gasteiger charge is -2.34. The zero-order valence-electron chi connectivity index (χ0n) is 14.4. The SMILES string of the molecule is Cc1nn(CCO)c(C)c1CNCC1CCCOC1C(C)C. The van der Waals surface area contributed by atoms with E-state index in [2.05, 4.69) is 31.2 Å². The molecular formula is C17H31N3O2. The van der Waals surface area contributed by atoms with Crippen LogP contribution in [0.4, 0.5) is 0 Å². The molecule has 126 valence electrons. The van der Waals surface area contributed by atoms with Gasteiger partial charge in [0, 0.05) is 31.0 Å². The molecule has 2 N–H and O–H groups in total. The monoisotopic (exact) mass is 309 g/mol. The zero-order chi connectivity index (χ0) is 16.1. The molecule has 5 heteroatoms. The number of nitrogens with zero attached hydrogens (tertiary/aromatic N) is 2. The van der Waals surface area contributed by atoms with Crippen molar-refractivity contribution >= 4 is 0 Å². The Labute approximate surface area is 134 Å². The van der Waals surface area contributed by atoms with E-state index >= 15 is 0 Å². The van der Waals surface area contributed by atoms with E-state index in [-0.39, 0.29) is 6.61 Å². The average Bonchev–Trinajstić information content (AvgIpc) is 2.75. The van der Waals surface area contributed by atoms with Crippen LogP contribution in [0.5, 0.6) is 0 Å². The predicted octanol–water partition coefficient (Wildman–Crippen LogP) is 2.03. The van der Waals surface area contributed by atoms with Crippen LogP contribution >= 0.6 is 0 Å². The van der Waals surface area contributed by atoms with Gasteiger partial charge in [-0.1, -0.05) is 13.8 Å². The third-order valence-electron chi connectivity index (χ3n) is 4.70. The molecule has 22 heavy (non-hydrogen) atoms. The molecule has 5 nitrogen and oxygen atoms in total. The fourth-order valence-corrected chi connectivity index (χ4v) is 3.51. The normalized spacial score (nSPS) is 22.5. The van der Waals surface area contributed by atoms with E-state index in [4.69, 9.17) is 9.84 Å². The number of nitrogens with one attached hydrogen (secondary N) is 1. The number of aromatic nitrogens is 2. The minimum Gasteiger partial charge on any atom is -0.394 e. The summed E-state index contributed by atoms with van der Waals surface area (Å²) in [5, 5.41) is 17.2. The highest BCUT2D eigenvalue weighted by Crippen LogP contribution is 2.26. The number of rotatable bonds is 7. The molecule has 0 radical (unpaired) electrons. The molecule has 2 rings (SSSR count). The van der Waals surface area contributed by atoms with E-state index in [1.165, 1.54) is 18.4 Å². The lowest BCUT2D eigenvalue weighted by molar-refractivity contribution is -0.0516. The highest BCUT2D eigenvalue weighted by molar-refractivity contribution is 5.24. The van der Waals surface area contributed by atoms with Crippen molar-refractivity contribution < 1.29 is 9.84 Å². The minimum atomic E-state index is 0.129. The first-order valence-corrected chi connectivity index (χ1v) is 8.50. The Kier molecular flexibility index (Phi) is 6.41. The Morgan fingerprint density at radius 1 is 1.41 bits per heavy atom. The van der Waals surface area contributed by atoms with Crippen LogP contribution in [0.25, 0.3) is 0 Å². The Bertz CT molecular complexity index is 471. The molecule has 0 aliphatic carbocycles. The molecule has 0 spiro atoms. The Morgan fingerprint density at radius 2 is 2.18 bits per heavy atom. The van der Waals surface area contributed by atoms with E-state index in [1.807, 2.05) is 11.6 Å². The number of aliphatic hydroxyl groups excluding tert-OH is 1. The number of aryl methyl sites for hydroxylation is 1. The van der Waals surface area contributed by atoms with Crippen LogP contribution in [-0.4, -0.2) is 40.7 Å². The summed E-state index contributed by atoms with van der Waals surface area (Å²) in [4.78, 5) is 0. The lowest BCUT2D eigenvalue weighted by Crippen LogP contribution is -2.39. The van der Waals surface area contributed by atoms with E-state index in [0.29, 0.717) is 24.5 Å². The van der Waals surface area contributed by atoms with Gasteiger partial charge in [0.15, 0.2) is 0 Å². The standard InChI is InChI=1S/C17H31N3O2/c1-12(2)17-15(6-5-9-22-17)10-18-11-16-13(3)19-20(7-8-21)14(16)4/h12,15,17-18,21H,5-11H2,1-4H3. The second-order valence-electron chi connectivity index (χ2n) is 6.71. The Balaban J connectivity index is 1.90. The van der Waals surface area contributed by atoms with E-state index < -0.39 is 0 Å². The summed E-state index contributed by atoms with van der Waals surface area (Å²) in [5.41, 5.74) is 3.46. The van der Waals surface area contributed by atoms with Crippen molar-refractivity contribution in [3.8, 4) is 0 Å². The van der Waals surface area contributed by atoms with Gasteiger partial charge in [-0.2, -0.15) is 5.10 Å².